The van der Waals surface area contributed by atoms with Gasteiger partial charge in [-0.25, -0.2) is 8.78 Å². The molecular formula is C15H9F5N2OS. The minimum absolute atomic E-state index is 0.131. The van der Waals surface area contributed by atoms with Crippen LogP contribution in [-0.4, -0.2) is 4.98 Å². The Labute approximate surface area is 137 Å². The van der Waals surface area contributed by atoms with Crippen molar-refractivity contribution in [2.75, 3.05) is 4.72 Å². The van der Waals surface area contributed by atoms with Crippen LogP contribution < -0.4 is 4.72 Å². The number of H-pyrrole nitrogens is 1. The molecular weight excluding hydrogens is 351 g/mol. The van der Waals surface area contributed by atoms with Crippen molar-refractivity contribution in [1.82, 2.24) is 4.98 Å². The minimum atomic E-state index is -4.95. The van der Waals surface area contributed by atoms with E-state index in [9.17, 15) is 22.0 Å². The number of aromatic amines is 1. The first kappa shape index (κ1) is 16.4. The zero-order valence-electron chi connectivity index (χ0n) is 11.7. The first-order valence-corrected chi connectivity index (χ1v) is 7.36. The highest BCUT2D eigenvalue weighted by molar-refractivity contribution is 8.00. The molecule has 3 aromatic rings. The van der Waals surface area contributed by atoms with Crippen LogP contribution in [0.3, 0.4) is 0 Å². The first-order valence-electron chi connectivity index (χ1n) is 6.54. The predicted octanol–water partition coefficient (Wildman–Crippen LogP) is 5.69. The number of hydrogen-bond acceptors (Lipinski definition) is 3. The maximum atomic E-state index is 13.7. The monoisotopic (exact) mass is 360 g/mol. The molecule has 0 unspecified atom stereocenters. The highest BCUT2D eigenvalue weighted by Crippen LogP contribution is 2.35. The van der Waals surface area contributed by atoms with Crippen LogP contribution in [0.1, 0.15) is 5.56 Å². The molecule has 0 saturated heterocycles. The molecule has 0 atom stereocenters. The van der Waals surface area contributed by atoms with E-state index < -0.39 is 23.4 Å². The van der Waals surface area contributed by atoms with Gasteiger partial charge >= 0.3 is 6.18 Å². The van der Waals surface area contributed by atoms with Gasteiger partial charge in [-0.1, -0.05) is 0 Å². The third-order valence-corrected chi connectivity index (χ3v) is 3.92. The van der Waals surface area contributed by atoms with Crippen LogP contribution in [0.15, 0.2) is 52.3 Å². The van der Waals surface area contributed by atoms with Crippen molar-refractivity contribution in [3.05, 3.63) is 60.2 Å². The lowest BCUT2D eigenvalue weighted by molar-refractivity contribution is -0.140. The van der Waals surface area contributed by atoms with Crippen molar-refractivity contribution >= 4 is 17.6 Å². The summed E-state index contributed by atoms with van der Waals surface area (Å²) in [7, 11) is 0. The Morgan fingerprint density at radius 1 is 1.08 bits per heavy atom. The lowest BCUT2D eigenvalue weighted by Gasteiger charge is -2.11. The van der Waals surface area contributed by atoms with Crippen LogP contribution in [0.2, 0.25) is 0 Å². The molecule has 0 aliphatic rings. The number of hydrogen-bond donors (Lipinski definition) is 2. The van der Waals surface area contributed by atoms with Crippen molar-refractivity contribution in [2.24, 2.45) is 0 Å². The second-order valence-corrected chi connectivity index (χ2v) is 5.65. The summed E-state index contributed by atoms with van der Waals surface area (Å²) in [5.74, 6) is -2.73. The largest absolute Gasteiger partial charge is 0.472 e. The quantitative estimate of drug-likeness (QED) is 0.464. The third kappa shape index (κ3) is 3.40. The van der Waals surface area contributed by atoms with Crippen molar-refractivity contribution in [1.29, 1.82) is 0 Å². The van der Waals surface area contributed by atoms with Crippen molar-refractivity contribution in [3.8, 4) is 11.3 Å². The Morgan fingerprint density at radius 2 is 1.88 bits per heavy atom. The van der Waals surface area contributed by atoms with Gasteiger partial charge in [-0.2, -0.15) is 13.2 Å². The Hall–Kier alpha value is -2.42. The molecule has 0 radical (unpaired) electrons. The Bertz CT molecular complexity index is 842. The second kappa shape index (κ2) is 6.23. The maximum absolute atomic E-state index is 13.7. The molecule has 2 N–H and O–H groups in total. The number of furan rings is 1. The standard InChI is InChI=1S/C15H9F5N2OS/c16-11-5-14(12(17)4-10(11)15(18,19)20)22-24-9-3-13(21-6-9)8-1-2-23-7-8/h1-7,21-22H. The van der Waals surface area contributed by atoms with Crippen LogP contribution in [0, 0.1) is 11.6 Å². The van der Waals surface area contributed by atoms with E-state index in [1.807, 2.05) is 0 Å². The molecule has 1 aromatic carbocycles. The number of halogens is 5. The summed E-state index contributed by atoms with van der Waals surface area (Å²) in [4.78, 5) is 3.59. The summed E-state index contributed by atoms with van der Waals surface area (Å²) in [6.45, 7) is 0. The predicted molar refractivity (Wildman–Crippen MR) is 79.3 cm³/mol. The van der Waals surface area contributed by atoms with Gasteiger partial charge in [-0.3, -0.25) is 0 Å². The van der Waals surface area contributed by atoms with E-state index in [0.29, 0.717) is 11.0 Å². The minimum Gasteiger partial charge on any atom is -0.472 e. The van der Waals surface area contributed by atoms with Gasteiger partial charge in [0.2, 0.25) is 0 Å². The van der Waals surface area contributed by atoms with Gasteiger partial charge in [0.05, 0.1) is 23.8 Å². The van der Waals surface area contributed by atoms with E-state index in [-0.39, 0.29) is 11.8 Å². The molecule has 0 aliphatic carbocycles. The molecule has 3 nitrogen and oxygen atoms in total. The molecule has 0 aliphatic heterocycles. The van der Waals surface area contributed by atoms with Crippen LogP contribution in [0.4, 0.5) is 27.6 Å². The fourth-order valence-corrected chi connectivity index (χ4v) is 2.65. The molecule has 2 heterocycles. The lowest BCUT2D eigenvalue weighted by atomic mass is 10.2. The summed E-state index contributed by atoms with van der Waals surface area (Å²) >= 11 is 0.928. The van der Waals surface area contributed by atoms with Crippen LogP contribution >= 0.6 is 11.9 Å². The number of nitrogens with one attached hydrogen (secondary N) is 2. The van der Waals surface area contributed by atoms with E-state index in [1.165, 1.54) is 12.5 Å². The molecule has 2 aromatic heterocycles. The number of benzene rings is 1. The number of rotatable bonds is 4. The molecule has 0 spiro atoms. The Morgan fingerprint density at radius 3 is 2.54 bits per heavy atom. The fourth-order valence-electron chi connectivity index (χ4n) is 1.97. The highest BCUT2D eigenvalue weighted by Gasteiger charge is 2.35. The van der Waals surface area contributed by atoms with Gasteiger partial charge in [0.1, 0.15) is 11.6 Å². The van der Waals surface area contributed by atoms with Crippen LogP contribution in [0.5, 0.6) is 0 Å². The topological polar surface area (TPSA) is 41.0 Å². The van der Waals surface area contributed by atoms with Gasteiger partial charge in [0.15, 0.2) is 0 Å². The summed E-state index contributed by atoms with van der Waals surface area (Å²) in [5.41, 5.74) is -0.475. The third-order valence-electron chi connectivity index (χ3n) is 3.13. The van der Waals surface area contributed by atoms with Gasteiger partial charge < -0.3 is 14.1 Å². The Balaban J connectivity index is 1.74. The van der Waals surface area contributed by atoms with Gasteiger partial charge in [0.25, 0.3) is 0 Å². The van der Waals surface area contributed by atoms with Crippen molar-refractivity contribution < 1.29 is 26.4 Å². The van der Waals surface area contributed by atoms with E-state index in [4.69, 9.17) is 4.42 Å². The first-order chi connectivity index (χ1) is 11.3. The summed E-state index contributed by atoms with van der Waals surface area (Å²) in [6, 6.07) is 4.07. The van der Waals surface area contributed by atoms with Crippen molar-refractivity contribution in [2.45, 2.75) is 11.1 Å². The summed E-state index contributed by atoms with van der Waals surface area (Å²) < 4.78 is 72.2. The molecule has 126 valence electrons. The highest BCUT2D eigenvalue weighted by atomic mass is 32.2. The second-order valence-electron chi connectivity index (χ2n) is 4.77. The van der Waals surface area contributed by atoms with Gasteiger partial charge in [-0.15, -0.1) is 0 Å². The molecule has 0 amide bonds. The molecule has 0 fully saturated rings. The summed E-state index contributed by atoms with van der Waals surface area (Å²) in [5, 5.41) is 0. The van der Waals surface area contributed by atoms with E-state index in [1.54, 1.807) is 18.3 Å². The lowest BCUT2D eigenvalue weighted by Crippen LogP contribution is -2.09. The van der Waals surface area contributed by atoms with E-state index >= 15 is 0 Å². The number of alkyl halides is 3. The summed E-state index contributed by atoms with van der Waals surface area (Å²) in [6.07, 6.45) is -0.310. The van der Waals surface area contributed by atoms with Crippen molar-refractivity contribution in [3.63, 3.8) is 0 Å². The van der Waals surface area contributed by atoms with Gasteiger partial charge in [0, 0.05) is 28.4 Å². The zero-order valence-corrected chi connectivity index (χ0v) is 12.6. The SMILES string of the molecule is Fc1cc(C(F)(F)F)c(F)cc1NSc1c[nH]c(-c2ccoc2)c1. The molecule has 0 bridgehead atoms. The van der Waals surface area contributed by atoms with Crippen LogP contribution in [-0.2, 0) is 6.18 Å². The average molecular weight is 360 g/mol. The average Bonchev–Trinajstić information content (AvgIpc) is 3.16. The van der Waals surface area contributed by atoms with E-state index in [2.05, 4.69) is 9.71 Å². The molecule has 24 heavy (non-hydrogen) atoms. The molecule has 0 saturated carbocycles. The maximum Gasteiger partial charge on any atom is 0.419 e. The van der Waals surface area contributed by atoms with E-state index in [0.717, 1.165) is 23.2 Å². The molecule has 9 heteroatoms. The zero-order chi connectivity index (χ0) is 17.3. The normalized spacial score (nSPS) is 11.7. The number of anilines is 1. The molecule has 3 rings (SSSR count). The Kier molecular flexibility index (Phi) is 4.27. The fraction of sp³-hybridized carbons (Fsp3) is 0.0667. The van der Waals surface area contributed by atoms with Gasteiger partial charge in [-0.05, 0) is 30.1 Å². The van der Waals surface area contributed by atoms with Crippen LogP contribution in [0.25, 0.3) is 11.3 Å². The smallest absolute Gasteiger partial charge is 0.419 e. The number of aromatic nitrogens is 1.